The van der Waals surface area contributed by atoms with Gasteiger partial charge < -0.3 is 4.74 Å². The zero-order valence-electron chi connectivity index (χ0n) is 12.6. The second kappa shape index (κ2) is 6.66. The molecule has 1 fully saturated rings. The van der Waals surface area contributed by atoms with Crippen LogP contribution < -0.4 is 4.74 Å². The van der Waals surface area contributed by atoms with Gasteiger partial charge in [-0.05, 0) is 54.2 Å². The highest BCUT2D eigenvalue weighted by Gasteiger charge is 2.33. The van der Waals surface area contributed by atoms with E-state index in [-0.39, 0.29) is 11.8 Å². The van der Waals surface area contributed by atoms with Gasteiger partial charge in [0.05, 0.1) is 7.11 Å². The molecule has 3 rings (SSSR count). The molecule has 2 nitrogen and oxygen atoms in total. The lowest BCUT2D eigenvalue weighted by atomic mass is 9.71. The number of benzene rings is 2. The number of carbonyl (C=O) groups excluding carboxylic acids is 1. The third-order valence-corrected chi connectivity index (χ3v) is 4.99. The largest absolute Gasteiger partial charge is 0.497 e. The first-order chi connectivity index (χ1) is 10.7. The van der Waals surface area contributed by atoms with Crippen molar-refractivity contribution in [2.75, 3.05) is 7.11 Å². The summed E-state index contributed by atoms with van der Waals surface area (Å²) < 4.78 is 6.27. The van der Waals surface area contributed by atoms with Crippen molar-refractivity contribution in [3.8, 4) is 5.75 Å². The van der Waals surface area contributed by atoms with Crippen LogP contribution in [0.2, 0.25) is 0 Å². The van der Waals surface area contributed by atoms with Gasteiger partial charge in [-0.3, -0.25) is 4.79 Å². The van der Waals surface area contributed by atoms with Crippen molar-refractivity contribution in [1.82, 2.24) is 0 Å². The maximum Gasteiger partial charge on any atom is 0.140 e. The van der Waals surface area contributed by atoms with E-state index >= 15 is 0 Å². The molecule has 0 N–H and O–H groups in total. The van der Waals surface area contributed by atoms with Gasteiger partial charge in [0.1, 0.15) is 11.5 Å². The van der Waals surface area contributed by atoms with E-state index < -0.39 is 0 Å². The Bertz CT molecular complexity index is 646. The highest BCUT2D eigenvalue weighted by molar-refractivity contribution is 9.10. The molecular formula is C19H19BrO2. The van der Waals surface area contributed by atoms with E-state index in [1.807, 2.05) is 24.3 Å². The minimum Gasteiger partial charge on any atom is -0.497 e. The number of hydrogen-bond donors (Lipinski definition) is 0. The van der Waals surface area contributed by atoms with Gasteiger partial charge in [0, 0.05) is 16.8 Å². The molecule has 22 heavy (non-hydrogen) atoms. The average molecular weight is 359 g/mol. The quantitative estimate of drug-likeness (QED) is 0.764. The molecular weight excluding hydrogens is 340 g/mol. The highest BCUT2D eigenvalue weighted by atomic mass is 79.9. The summed E-state index contributed by atoms with van der Waals surface area (Å²) in [5.74, 6) is 1.43. The molecule has 0 heterocycles. The van der Waals surface area contributed by atoms with Crippen molar-refractivity contribution in [3.63, 3.8) is 0 Å². The fourth-order valence-electron chi connectivity index (χ4n) is 3.34. The Morgan fingerprint density at radius 2 is 1.64 bits per heavy atom. The Hall–Kier alpha value is -1.61. The second-order valence-corrected chi connectivity index (χ2v) is 6.68. The van der Waals surface area contributed by atoms with Gasteiger partial charge in [0.2, 0.25) is 0 Å². The summed E-state index contributed by atoms with van der Waals surface area (Å²) in [4.78, 5) is 12.6. The number of halogens is 1. The smallest absolute Gasteiger partial charge is 0.140 e. The van der Waals surface area contributed by atoms with Crippen LogP contribution in [0.1, 0.15) is 42.2 Å². The van der Waals surface area contributed by atoms with Crippen LogP contribution in [0.4, 0.5) is 0 Å². The Morgan fingerprint density at radius 3 is 2.27 bits per heavy atom. The molecule has 0 aromatic heterocycles. The number of methoxy groups -OCH3 is 1. The lowest BCUT2D eigenvalue weighted by Gasteiger charge is -2.31. The molecule has 114 valence electrons. The van der Waals surface area contributed by atoms with Gasteiger partial charge in [-0.25, -0.2) is 0 Å². The second-order valence-electron chi connectivity index (χ2n) is 5.77. The molecule has 1 saturated carbocycles. The first-order valence-electron chi connectivity index (χ1n) is 7.61. The minimum atomic E-state index is -0.0322. The third-order valence-electron chi connectivity index (χ3n) is 4.46. The maximum atomic E-state index is 12.6. The summed E-state index contributed by atoms with van der Waals surface area (Å²) in [7, 11) is 1.67. The summed E-state index contributed by atoms with van der Waals surface area (Å²) in [6.45, 7) is 0. The van der Waals surface area contributed by atoms with Gasteiger partial charge in [-0.2, -0.15) is 0 Å². The molecule has 0 bridgehead atoms. The zero-order chi connectivity index (χ0) is 15.5. The molecule has 0 saturated heterocycles. The summed E-state index contributed by atoms with van der Waals surface area (Å²) >= 11 is 3.46. The molecule has 2 atom stereocenters. The SMILES string of the molecule is COc1ccc([C@H]2CCCC(=O)[C@H]2c2ccc(Br)cc2)cc1. The monoisotopic (exact) mass is 358 g/mol. The van der Waals surface area contributed by atoms with Crippen LogP contribution in [-0.2, 0) is 4.79 Å². The van der Waals surface area contributed by atoms with Gasteiger partial charge >= 0.3 is 0 Å². The minimum absolute atomic E-state index is 0.0322. The molecule has 1 aliphatic carbocycles. The van der Waals surface area contributed by atoms with Crippen LogP contribution in [0, 0.1) is 0 Å². The molecule has 0 spiro atoms. The normalized spacial score (nSPS) is 21.6. The van der Waals surface area contributed by atoms with Crippen molar-refractivity contribution >= 4 is 21.7 Å². The van der Waals surface area contributed by atoms with Crippen LogP contribution >= 0.6 is 15.9 Å². The first-order valence-corrected chi connectivity index (χ1v) is 8.40. The van der Waals surface area contributed by atoms with Crippen LogP contribution in [0.5, 0.6) is 5.75 Å². The molecule has 2 aromatic rings. The lowest BCUT2D eigenvalue weighted by molar-refractivity contribution is -0.122. The third kappa shape index (κ3) is 3.09. The fraction of sp³-hybridized carbons (Fsp3) is 0.316. The van der Waals surface area contributed by atoms with Crippen LogP contribution in [0.3, 0.4) is 0 Å². The van der Waals surface area contributed by atoms with Crippen LogP contribution in [0.25, 0.3) is 0 Å². The van der Waals surface area contributed by atoms with Gasteiger partial charge in [-0.15, -0.1) is 0 Å². The average Bonchev–Trinajstić information content (AvgIpc) is 2.56. The van der Waals surface area contributed by atoms with Gasteiger partial charge in [0.25, 0.3) is 0 Å². The van der Waals surface area contributed by atoms with Crippen molar-refractivity contribution in [1.29, 1.82) is 0 Å². The van der Waals surface area contributed by atoms with Crippen LogP contribution in [-0.4, -0.2) is 12.9 Å². The summed E-state index contributed by atoms with van der Waals surface area (Å²) in [5.41, 5.74) is 2.34. The number of ether oxygens (including phenoxy) is 1. The van der Waals surface area contributed by atoms with Crippen molar-refractivity contribution in [3.05, 3.63) is 64.1 Å². The fourth-order valence-corrected chi connectivity index (χ4v) is 3.61. The summed E-state index contributed by atoms with van der Waals surface area (Å²) in [5, 5.41) is 0. The Kier molecular flexibility index (Phi) is 4.63. The van der Waals surface area contributed by atoms with E-state index in [1.165, 1.54) is 5.56 Å². The highest BCUT2D eigenvalue weighted by Crippen LogP contribution is 2.42. The van der Waals surface area contributed by atoms with Gasteiger partial charge in [0.15, 0.2) is 0 Å². The predicted molar refractivity (Wildman–Crippen MR) is 91.5 cm³/mol. The standard InChI is InChI=1S/C19H19BrO2/c1-22-16-11-7-13(8-12-16)17-3-2-4-18(21)19(17)14-5-9-15(20)10-6-14/h5-12,17,19H,2-4H2,1H3/t17-,19+/m1/s1. The van der Waals surface area contributed by atoms with E-state index in [4.69, 9.17) is 4.74 Å². The summed E-state index contributed by atoms with van der Waals surface area (Å²) in [6, 6.07) is 16.3. The number of rotatable bonds is 3. The molecule has 0 aliphatic heterocycles. The first kappa shape index (κ1) is 15.3. The molecule has 1 aliphatic rings. The van der Waals surface area contributed by atoms with Crippen molar-refractivity contribution < 1.29 is 9.53 Å². The Morgan fingerprint density at radius 1 is 1.00 bits per heavy atom. The molecule has 3 heteroatoms. The van der Waals surface area contributed by atoms with Crippen molar-refractivity contribution in [2.24, 2.45) is 0 Å². The van der Waals surface area contributed by atoms with E-state index in [2.05, 4.69) is 40.2 Å². The lowest BCUT2D eigenvalue weighted by Crippen LogP contribution is -2.25. The predicted octanol–water partition coefficient (Wildman–Crippen LogP) is 5.08. The number of carbonyl (C=O) groups is 1. The van der Waals surface area contributed by atoms with Crippen LogP contribution in [0.15, 0.2) is 53.0 Å². The Balaban J connectivity index is 1.95. The number of Topliss-reactive ketones (excluding diaryl/α,β-unsaturated/α-hetero) is 1. The molecule has 0 amide bonds. The Labute approximate surface area is 139 Å². The van der Waals surface area contributed by atoms with Crippen molar-refractivity contribution in [2.45, 2.75) is 31.1 Å². The summed E-state index contributed by atoms with van der Waals surface area (Å²) in [6.07, 6.45) is 2.72. The van der Waals surface area contributed by atoms with E-state index in [0.717, 1.165) is 28.6 Å². The molecule has 0 unspecified atom stereocenters. The number of ketones is 1. The molecule has 0 radical (unpaired) electrons. The topological polar surface area (TPSA) is 26.3 Å². The van der Waals surface area contributed by atoms with Gasteiger partial charge in [-0.1, -0.05) is 40.2 Å². The number of hydrogen-bond acceptors (Lipinski definition) is 2. The maximum absolute atomic E-state index is 12.6. The zero-order valence-corrected chi connectivity index (χ0v) is 14.2. The van der Waals surface area contributed by atoms with E-state index in [9.17, 15) is 4.79 Å². The molecule has 2 aromatic carbocycles. The van der Waals surface area contributed by atoms with E-state index in [1.54, 1.807) is 7.11 Å². The van der Waals surface area contributed by atoms with E-state index in [0.29, 0.717) is 12.2 Å².